The van der Waals surface area contributed by atoms with Gasteiger partial charge in [-0.2, -0.15) is 0 Å². The molecule has 0 bridgehead atoms. The molecule has 1 N–H and O–H groups in total. The van der Waals surface area contributed by atoms with Crippen LogP contribution in [-0.4, -0.2) is 26.2 Å². The highest BCUT2D eigenvalue weighted by Crippen LogP contribution is 2.22. The minimum absolute atomic E-state index is 0.0983. The highest BCUT2D eigenvalue weighted by atomic mass is 35.5. The van der Waals surface area contributed by atoms with Gasteiger partial charge in [-0.25, -0.2) is 4.79 Å². The predicted octanol–water partition coefficient (Wildman–Crippen LogP) is 2.39. The molecule has 0 aliphatic heterocycles. The topological polar surface area (TPSA) is 47.6 Å². The van der Waals surface area contributed by atoms with Gasteiger partial charge in [0.1, 0.15) is 5.75 Å². The number of nitrogens with one attached hydrogen (secondary N) is 1. The van der Waals surface area contributed by atoms with E-state index in [2.05, 4.69) is 17.0 Å². The Bertz CT molecular complexity index is 396. The van der Waals surface area contributed by atoms with Crippen LogP contribution in [0.5, 0.6) is 5.75 Å². The van der Waals surface area contributed by atoms with E-state index in [0.29, 0.717) is 17.3 Å². The Kier molecular flexibility index (Phi) is 6.54. The predicted molar refractivity (Wildman–Crippen MR) is 71.0 cm³/mol. The molecule has 18 heavy (non-hydrogen) atoms. The summed E-state index contributed by atoms with van der Waals surface area (Å²) in [5.74, 6) is 0.242. The number of hydrogen-bond acceptors (Lipinski definition) is 4. The van der Waals surface area contributed by atoms with Crippen molar-refractivity contribution in [1.82, 2.24) is 5.32 Å². The third-order valence-corrected chi connectivity index (χ3v) is 2.57. The largest absolute Gasteiger partial charge is 0.482 e. The molecule has 0 amide bonds. The summed E-state index contributed by atoms with van der Waals surface area (Å²) in [6.07, 6.45) is 1.05. The van der Waals surface area contributed by atoms with Gasteiger partial charge in [-0.15, -0.1) is 0 Å². The lowest BCUT2D eigenvalue weighted by molar-refractivity contribution is -0.142. The normalized spacial score (nSPS) is 10.2. The van der Waals surface area contributed by atoms with Crippen LogP contribution in [0.1, 0.15) is 18.9 Å². The zero-order chi connectivity index (χ0) is 13.4. The standard InChI is InChI=1S/C13H18ClNO3/c1-3-6-15-8-10-7-11(14)4-5-12(10)18-9-13(16)17-2/h4-5,7,15H,3,6,8-9H2,1-2H3. The van der Waals surface area contributed by atoms with Crippen LogP contribution >= 0.6 is 11.6 Å². The maximum absolute atomic E-state index is 11.0. The number of carbonyl (C=O) groups is 1. The lowest BCUT2D eigenvalue weighted by Crippen LogP contribution is -2.17. The van der Waals surface area contributed by atoms with E-state index in [4.69, 9.17) is 16.3 Å². The van der Waals surface area contributed by atoms with Gasteiger partial charge in [0, 0.05) is 17.1 Å². The fourth-order valence-electron chi connectivity index (χ4n) is 1.42. The summed E-state index contributed by atoms with van der Waals surface area (Å²) in [7, 11) is 1.33. The average molecular weight is 272 g/mol. The summed E-state index contributed by atoms with van der Waals surface area (Å²) in [6, 6.07) is 5.32. The van der Waals surface area contributed by atoms with Crippen molar-refractivity contribution in [2.75, 3.05) is 20.3 Å². The summed E-state index contributed by atoms with van der Waals surface area (Å²) in [5, 5.41) is 3.91. The van der Waals surface area contributed by atoms with E-state index in [1.165, 1.54) is 7.11 Å². The molecule has 5 heteroatoms. The fraction of sp³-hybridized carbons (Fsp3) is 0.462. The molecule has 0 unspecified atom stereocenters. The van der Waals surface area contributed by atoms with E-state index < -0.39 is 5.97 Å². The summed E-state index contributed by atoms with van der Waals surface area (Å²) in [5.41, 5.74) is 0.930. The number of benzene rings is 1. The second-order valence-corrected chi connectivity index (χ2v) is 4.23. The van der Waals surface area contributed by atoms with Crippen molar-refractivity contribution in [1.29, 1.82) is 0 Å². The second-order valence-electron chi connectivity index (χ2n) is 3.79. The SMILES string of the molecule is CCCNCc1cc(Cl)ccc1OCC(=O)OC. The summed E-state index contributed by atoms with van der Waals surface area (Å²) in [6.45, 7) is 3.58. The number of rotatable bonds is 7. The third-order valence-electron chi connectivity index (χ3n) is 2.34. The number of ether oxygens (including phenoxy) is 2. The second kappa shape index (κ2) is 7.95. The van der Waals surface area contributed by atoms with Crippen molar-refractivity contribution < 1.29 is 14.3 Å². The van der Waals surface area contributed by atoms with Crippen molar-refractivity contribution in [3.8, 4) is 5.75 Å². The molecule has 0 atom stereocenters. The molecule has 1 aromatic rings. The molecule has 0 fully saturated rings. The third kappa shape index (κ3) is 4.94. The van der Waals surface area contributed by atoms with Crippen LogP contribution in [-0.2, 0) is 16.1 Å². The van der Waals surface area contributed by atoms with E-state index in [9.17, 15) is 4.79 Å². The number of halogens is 1. The molecule has 0 aliphatic carbocycles. The molecule has 1 rings (SSSR count). The van der Waals surface area contributed by atoms with E-state index in [-0.39, 0.29) is 6.61 Å². The Morgan fingerprint density at radius 1 is 1.44 bits per heavy atom. The molecule has 0 saturated heterocycles. The number of methoxy groups -OCH3 is 1. The van der Waals surface area contributed by atoms with Crippen LogP contribution in [0.3, 0.4) is 0 Å². The Morgan fingerprint density at radius 2 is 2.22 bits per heavy atom. The van der Waals surface area contributed by atoms with Gasteiger partial charge in [0.15, 0.2) is 6.61 Å². The Labute approximate surface area is 112 Å². The molecular formula is C13H18ClNO3. The maximum Gasteiger partial charge on any atom is 0.343 e. The smallest absolute Gasteiger partial charge is 0.343 e. The molecule has 1 aromatic carbocycles. The van der Waals surface area contributed by atoms with Gasteiger partial charge >= 0.3 is 5.97 Å². The van der Waals surface area contributed by atoms with Gasteiger partial charge in [-0.05, 0) is 31.2 Å². The van der Waals surface area contributed by atoms with Crippen LogP contribution in [0.25, 0.3) is 0 Å². The molecule has 4 nitrogen and oxygen atoms in total. The van der Waals surface area contributed by atoms with Gasteiger partial charge in [0.25, 0.3) is 0 Å². The Balaban J connectivity index is 2.66. The number of hydrogen-bond donors (Lipinski definition) is 1. The summed E-state index contributed by atoms with van der Waals surface area (Å²) < 4.78 is 9.93. The highest BCUT2D eigenvalue weighted by Gasteiger charge is 2.07. The van der Waals surface area contributed by atoms with Crippen molar-refractivity contribution in [3.63, 3.8) is 0 Å². The van der Waals surface area contributed by atoms with Gasteiger partial charge in [-0.3, -0.25) is 0 Å². The zero-order valence-electron chi connectivity index (χ0n) is 10.7. The fourth-order valence-corrected chi connectivity index (χ4v) is 1.62. The zero-order valence-corrected chi connectivity index (χ0v) is 11.4. The molecule has 100 valence electrons. The van der Waals surface area contributed by atoms with Crippen molar-refractivity contribution in [2.24, 2.45) is 0 Å². The van der Waals surface area contributed by atoms with Gasteiger partial charge in [0.05, 0.1) is 7.11 Å². The molecule has 0 spiro atoms. The molecule has 0 saturated carbocycles. The van der Waals surface area contributed by atoms with Gasteiger partial charge < -0.3 is 14.8 Å². The van der Waals surface area contributed by atoms with Gasteiger partial charge in [0.2, 0.25) is 0 Å². The van der Waals surface area contributed by atoms with Crippen LogP contribution < -0.4 is 10.1 Å². The molecule has 0 heterocycles. The van der Waals surface area contributed by atoms with E-state index in [0.717, 1.165) is 18.5 Å². The van der Waals surface area contributed by atoms with E-state index in [1.54, 1.807) is 12.1 Å². The van der Waals surface area contributed by atoms with Crippen molar-refractivity contribution >= 4 is 17.6 Å². The molecule has 0 aliphatic rings. The van der Waals surface area contributed by atoms with Crippen LogP contribution in [0.2, 0.25) is 5.02 Å². The number of esters is 1. The van der Waals surface area contributed by atoms with E-state index in [1.807, 2.05) is 6.07 Å². The average Bonchev–Trinajstić information content (AvgIpc) is 2.37. The quantitative estimate of drug-likeness (QED) is 0.611. The minimum Gasteiger partial charge on any atom is -0.482 e. The molecule has 0 radical (unpaired) electrons. The molecular weight excluding hydrogens is 254 g/mol. The van der Waals surface area contributed by atoms with Crippen molar-refractivity contribution in [3.05, 3.63) is 28.8 Å². The summed E-state index contributed by atoms with van der Waals surface area (Å²) >= 11 is 5.94. The Morgan fingerprint density at radius 3 is 2.89 bits per heavy atom. The first-order chi connectivity index (χ1) is 8.67. The first-order valence-electron chi connectivity index (χ1n) is 5.86. The maximum atomic E-state index is 11.0. The van der Waals surface area contributed by atoms with Gasteiger partial charge in [-0.1, -0.05) is 18.5 Å². The van der Waals surface area contributed by atoms with Crippen LogP contribution in [0.15, 0.2) is 18.2 Å². The minimum atomic E-state index is -0.405. The lowest BCUT2D eigenvalue weighted by atomic mass is 10.2. The van der Waals surface area contributed by atoms with Crippen LogP contribution in [0, 0.1) is 0 Å². The lowest BCUT2D eigenvalue weighted by Gasteiger charge is -2.11. The van der Waals surface area contributed by atoms with E-state index >= 15 is 0 Å². The number of carbonyl (C=O) groups excluding carboxylic acids is 1. The Hall–Kier alpha value is -1.26. The summed E-state index contributed by atoms with van der Waals surface area (Å²) in [4.78, 5) is 11.0. The molecule has 0 aromatic heterocycles. The first-order valence-corrected chi connectivity index (χ1v) is 6.24. The highest BCUT2D eigenvalue weighted by molar-refractivity contribution is 6.30. The van der Waals surface area contributed by atoms with Crippen LogP contribution in [0.4, 0.5) is 0 Å². The monoisotopic (exact) mass is 271 g/mol. The van der Waals surface area contributed by atoms with Crippen molar-refractivity contribution in [2.45, 2.75) is 19.9 Å². The first kappa shape index (κ1) is 14.8.